The van der Waals surface area contributed by atoms with Crippen molar-refractivity contribution in [3.05, 3.63) is 93.4 Å². The summed E-state index contributed by atoms with van der Waals surface area (Å²) in [5, 5.41) is 3.02. The SMILES string of the molecule is C=CC1=C(C)c2cc3[n-]c(c(CC(=O)OC)c4[nH+]c(cc5[n-]c(cc1[nH+]2)c(C)c5CC)C(C)=C4C(=O)NC(C)CC(=O)OCC)C(CCC(=O)OC/C=C(\C)CCCC(C)CCCC(C)CCCC(C)C)C3C.[Mg+2]. The third-order valence-electron chi connectivity index (χ3n) is 15.1. The van der Waals surface area contributed by atoms with Crippen LogP contribution in [0.1, 0.15) is 216 Å². The van der Waals surface area contributed by atoms with E-state index in [0.29, 0.717) is 52.6 Å². The molecule has 8 bridgehead atoms. The van der Waals surface area contributed by atoms with E-state index in [4.69, 9.17) is 24.2 Å². The van der Waals surface area contributed by atoms with Gasteiger partial charge in [-0.2, -0.15) is 0 Å². The molecule has 0 saturated heterocycles. The minimum Gasteiger partial charge on any atom is -0.664 e. The summed E-state index contributed by atoms with van der Waals surface area (Å²) in [5.74, 6) is 0.00908. The first-order chi connectivity index (χ1) is 34.8. The van der Waals surface area contributed by atoms with E-state index in [2.05, 4.69) is 83.3 Å². The largest absolute Gasteiger partial charge is 2.00 e. The number of methoxy groups -OCH3 is 1. The van der Waals surface area contributed by atoms with Gasteiger partial charge in [0, 0.05) is 29.2 Å². The van der Waals surface area contributed by atoms with E-state index in [1.54, 1.807) is 13.8 Å². The molecule has 0 saturated carbocycles. The number of aromatic amines is 2. The molecule has 0 aliphatic carbocycles. The second-order valence-corrected chi connectivity index (χ2v) is 21.4. The predicted molar refractivity (Wildman–Crippen MR) is 297 cm³/mol. The molecule has 0 aromatic carbocycles. The Morgan fingerprint density at radius 3 is 2.07 bits per heavy atom. The summed E-state index contributed by atoms with van der Waals surface area (Å²) >= 11 is 0. The average molecular weight is 1030 g/mol. The summed E-state index contributed by atoms with van der Waals surface area (Å²) < 4.78 is 16.4. The van der Waals surface area contributed by atoms with Crippen LogP contribution in [-0.4, -0.2) is 73.2 Å². The second kappa shape index (κ2) is 29.3. The molecule has 398 valence electrons. The maximum Gasteiger partial charge on any atom is 2.00 e. The maximum atomic E-state index is 14.7. The van der Waals surface area contributed by atoms with Crippen LogP contribution in [0, 0.1) is 24.7 Å². The fraction of sp³-hybridized carbons (Fsp3) is 0.574. The molecule has 12 nitrogen and oxygen atoms in total. The monoisotopic (exact) mass is 1030 g/mol. The minimum atomic E-state index is -0.567. The number of hydrogen-bond donors (Lipinski definition) is 1. The number of ether oxygens (including phenoxy) is 3. The third-order valence-corrected chi connectivity index (χ3v) is 15.1. The van der Waals surface area contributed by atoms with Gasteiger partial charge in [-0.3, -0.25) is 19.2 Å². The first kappa shape index (κ1) is 61.5. The summed E-state index contributed by atoms with van der Waals surface area (Å²) in [6.45, 7) is 29.7. The predicted octanol–water partition coefficient (Wildman–Crippen LogP) is 11.4. The number of allylic oxidation sites excluding steroid dienone is 5. The van der Waals surface area contributed by atoms with E-state index < -0.39 is 23.9 Å². The average Bonchev–Trinajstić information content (AvgIpc) is 4.02. The van der Waals surface area contributed by atoms with Crippen LogP contribution in [0.15, 0.2) is 42.5 Å². The number of hydrogen-bond acceptors (Lipinski definition) is 7. The van der Waals surface area contributed by atoms with Crippen molar-refractivity contribution in [2.24, 2.45) is 17.8 Å². The van der Waals surface area contributed by atoms with Crippen LogP contribution in [0.25, 0.3) is 33.3 Å². The van der Waals surface area contributed by atoms with Gasteiger partial charge in [0.25, 0.3) is 5.91 Å². The summed E-state index contributed by atoms with van der Waals surface area (Å²) in [5.41, 5.74) is 12.3. The Morgan fingerprint density at radius 2 is 1.43 bits per heavy atom. The van der Waals surface area contributed by atoms with E-state index in [9.17, 15) is 19.2 Å². The molecular weight excluding hydrogens is 939 g/mol. The zero-order valence-corrected chi connectivity index (χ0v) is 48.7. The first-order valence-electron chi connectivity index (χ1n) is 27.2. The van der Waals surface area contributed by atoms with E-state index in [1.165, 1.54) is 57.6 Å². The van der Waals surface area contributed by atoms with Crippen LogP contribution in [0.2, 0.25) is 0 Å². The molecular formula is C61H87MgN5O7+2. The first-order valence-corrected chi connectivity index (χ1v) is 27.2. The standard InChI is InChI=1S/C61H86N5O7.Mg/c1-15-45-41(10)49-33-51-43(12)47(27-28-55(67)73-30-29-39(8)26-20-25-38(7)24-19-23-37(6)22-18-21-36(4)5)59(65-51)48(32-56(68)71-14)60-58(61(70)62-40(9)31-57(69)72-17-3)44(13)52(66-60)35-54-46(16-2)42(11)50(64-54)34-53(45)63-49;/h15,29,33-38,40,43,47H,1,16-28,30-32H2,2-14H3,(H2-,62,63,64,65,66,70);/q-1;+2/p+1/b39-29+;. The van der Waals surface area contributed by atoms with Crippen molar-refractivity contribution in [1.82, 2.24) is 15.3 Å². The Hall–Kier alpha value is -5.01. The normalized spacial score (nSPS) is 16.3. The topological polar surface area (TPSA) is 164 Å². The van der Waals surface area contributed by atoms with Crippen LogP contribution in [0.5, 0.6) is 0 Å². The van der Waals surface area contributed by atoms with E-state index in [1.807, 2.05) is 38.1 Å². The number of fused-ring (bicyclic) bond motifs is 8. The van der Waals surface area contributed by atoms with Crippen molar-refractivity contribution < 1.29 is 43.4 Å². The van der Waals surface area contributed by atoms with Crippen LogP contribution in [0.3, 0.4) is 0 Å². The van der Waals surface area contributed by atoms with Gasteiger partial charge in [0.15, 0.2) is 0 Å². The molecule has 5 atom stereocenters. The molecule has 5 heterocycles. The number of aromatic nitrogens is 4. The number of nitrogens with zero attached hydrogens (tertiary/aromatic N) is 2. The van der Waals surface area contributed by atoms with Gasteiger partial charge >= 0.3 is 41.0 Å². The zero-order valence-electron chi connectivity index (χ0n) is 47.3. The molecule has 1 amide bonds. The Labute approximate surface area is 458 Å². The number of carbonyl (C=O) groups excluding carboxylic acids is 4. The summed E-state index contributed by atoms with van der Waals surface area (Å²) in [6.07, 6.45) is 16.0. The van der Waals surface area contributed by atoms with Gasteiger partial charge in [0.1, 0.15) is 12.2 Å². The maximum absolute atomic E-state index is 14.7. The molecule has 13 heteroatoms. The Kier molecular flexibility index (Phi) is 24.4. The summed E-state index contributed by atoms with van der Waals surface area (Å²) in [6, 6.07) is 5.48. The van der Waals surface area contributed by atoms with Crippen molar-refractivity contribution in [2.45, 2.75) is 191 Å². The number of rotatable bonds is 26. The van der Waals surface area contributed by atoms with Crippen LogP contribution in [0.4, 0.5) is 0 Å². The van der Waals surface area contributed by atoms with Crippen molar-refractivity contribution >= 4 is 80.2 Å². The van der Waals surface area contributed by atoms with E-state index >= 15 is 0 Å². The number of carbonyl (C=O) groups is 4. The fourth-order valence-corrected chi connectivity index (χ4v) is 10.6. The molecule has 5 unspecified atom stereocenters. The fourth-order valence-electron chi connectivity index (χ4n) is 10.6. The van der Waals surface area contributed by atoms with Crippen LogP contribution in [-0.2, 0) is 46.2 Å². The number of amides is 1. The molecule has 74 heavy (non-hydrogen) atoms. The second-order valence-electron chi connectivity index (χ2n) is 21.4. The zero-order chi connectivity index (χ0) is 53.5. The van der Waals surface area contributed by atoms with Gasteiger partial charge in [-0.25, -0.2) is 9.97 Å². The van der Waals surface area contributed by atoms with Gasteiger partial charge < -0.3 is 29.5 Å². The molecule has 2 aromatic heterocycles. The van der Waals surface area contributed by atoms with Crippen molar-refractivity contribution in [2.75, 3.05) is 20.3 Å². The molecule has 3 aliphatic heterocycles. The summed E-state index contributed by atoms with van der Waals surface area (Å²) in [4.78, 5) is 72.1. The van der Waals surface area contributed by atoms with Gasteiger partial charge in [0.05, 0.1) is 32.1 Å². The van der Waals surface area contributed by atoms with Gasteiger partial charge in [0.2, 0.25) is 22.8 Å². The Bertz CT molecular complexity index is 2630. The van der Waals surface area contributed by atoms with Crippen LogP contribution < -0.4 is 25.3 Å². The molecule has 5 rings (SSSR count). The molecule has 0 spiro atoms. The Balaban J connectivity index is 0.0000119. The third kappa shape index (κ3) is 16.5. The van der Waals surface area contributed by atoms with E-state index in [0.717, 1.165) is 75.1 Å². The van der Waals surface area contributed by atoms with E-state index in [-0.39, 0.29) is 73.3 Å². The van der Waals surface area contributed by atoms with Crippen molar-refractivity contribution in [3.63, 3.8) is 0 Å². The number of aryl methyl sites for hydroxylation is 2. The molecule has 0 radical (unpaired) electrons. The number of nitrogens with one attached hydrogen (secondary N) is 3. The molecule has 3 N–H and O–H groups in total. The molecule has 3 aliphatic rings. The van der Waals surface area contributed by atoms with Crippen LogP contribution >= 0.6 is 0 Å². The van der Waals surface area contributed by atoms with Gasteiger partial charge in [-0.05, 0) is 121 Å². The van der Waals surface area contributed by atoms with Crippen molar-refractivity contribution in [3.8, 4) is 0 Å². The van der Waals surface area contributed by atoms with Gasteiger partial charge in [-0.1, -0.05) is 116 Å². The molecule has 0 fully saturated rings. The van der Waals surface area contributed by atoms with Gasteiger partial charge in [-0.15, -0.1) is 22.4 Å². The van der Waals surface area contributed by atoms with Crippen molar-refractivity contribution in [1.29, 1.82) is 0 Å². The number of H-pyrrole nitrogens is 2. The summed E-state index contributed by atoms with van der Waals surface area (Å²) in [7, 11) is 1.34. The quantitative estimate of drug-likeness (QED) is 0.0418. The molecule has 2 aromatic rings. The number of esters is 3. The minimum absolute atomic E-state index is 0. The Morgan fingerprint density at radius 1 is 0.784 bits per heavy atom. The smallest absolute Gasteiger partial charge is 0.664 e.